The summed E-state index contributed by atoms with van der Waals surface area (Å²) in [5.41, 5.74) is 1.95. The maximum absolute atomic E-state index is 13.4. The van der Waals surface area contributed by atoms with Crippen molar-refractivity contribution < 1.29 is 18.3 Å². The summed E-state index contributed by atoms with van der Waals surface area (Å²) < 4.78 is 38.5. The molecule has 2 heterocycles. The maximum atomic E-state index is 13.4. The van der Waals surface area contributed by atoms with Crippen molar-refractivity contribution in [3.8, 4) is 22.6 Å². The van der Waals surface area contributed by atoms with Crippen LogP contribution in [0.3, 0.4) is 0 Å². The van der Waals surface area contributed by atoms with Crippen molar-refractivity contribution >= 4 is 0 Å². The van der Waals surface area contributed by atoms with Crippen LogP contribution in [0.1, 0.15) is 5.56 Å². The summed E-state index contributed by atoms with van der Waals surface area (Å²) in [7, 11) is 0. The predicted molar refractivity (Wildman–Crippen MR) is 87.7 cm³/mol. The van der Waals surface area contributed by atoms with Gasteiger partial charge < -0.3 is 14.0 Å². The summed E-state index contributed by atoms with van der Waals surface area (Å²) in [6.07, 6.45) is 1.68. The molecule has 0 aliphatic carbocycles. The molecular weight excluding hydrogens is 328 g/mol. The van der Waals surface area contributed by atoms with Crippen molar-refractivity contribution in [2.24, 2.45) is 0 Å². The van der Waals surface area contributed by atoms with Gasteiger partial charge in [0.05, 0.1) is 6.54 Å². The first-order chi connectivity index (χ1) is 12.1. The van der Waals surface area contributed by atoms with Crippen LogP contribution in [0.2, 0.25) is 0 Å². The number of pyridine rings is 1. The normalized spacial score (nSPS) is 12.4. The van der Waals surface area contributed by atoms with Crippen LogP contribution in [0.4, 0.5) is 8.78 Å². The average Bonchev–Trinajstić information content (AvgIpc) is 3.08. The third-order valence-electron chi connectivity index (χ3n) is 4.03. The minimum atomic E-state index is -0.933. The predicted octanol–water partition coefficient (Wildman–Crippen LogP) is 3.57. The number of aromatic nitrogens is 1. The highest BCUT2D eigenvalue weighted by molar-refractivity contribution is 5.66. The van der Waals surface area contributed by atoms with Crippen LogP contribution < -0.4 is 15.0 Å². The van der Waals surface area contributed by atoms with Gasteiger partial charge in [0.1, 0.15) is 0 Å². The fraction of sp³-hybridized carbons (Fsp3) is 0.105. The summed E-state index contributed by atoms with van der Waals surface area (Å²) >= 11 is 0. The Kier molecular flexibility index (Phi) is 3.72. The monoisotopic (exact) mass is 341 g/mol. The number of halogens is 2. The molecule has 2 aromatic carbocycles. The lowest BCUT2D eigenvalue weighted by molar-refractivity contribution is 0.174. The number of hydrogen-bond acceptors (Lipinski definition) is 3. The van der Waals surface area contributed by atoms with E-state index in [-0.39, 0.29) is 18.9 Å². The topological polar surface area (TPSA) is 40.5 Å². The zero-order valence-corrected chi connectivity index (χ0v) is 13.0. The number of fused-ring (bicyclic) bond motifs is 1. The van der Waals surface area contributed by atoms with E-state index in [1.165, 1.54) is 16.7 Å². The number of hydrogen-bond donors (Lipinski definition) is 0. The van der Waals surface area contributed by atoms with Gasteiger partial charge in [0.2, 0.25) is 6.79 Å². The minimum Gasteiger partial charge on any atom is -0.454 e. The van der Waals surface area contributed by atoms with Gasteiger partial charge in [-0.3, -0.25) is 4.79 Å². The van der Waals surface area contributed by atoms with E-state index in [1.807, 2.05) is 18.2 Å². The summed E-state index contributed by atoms with van der Waals surface area (Å²) in [4.78, 5) is 12.1. The van der Waals surface area contributed by atoms with E-state index in [4.69, 9.17) is 9.47 Å². The SMILES string of the molecule is O=c1ccc(-c2ccc3c(c2)OCO3)cn1Cc1ccc(F)c(F)c1. The molecular formula is C19H13F2NO3. The van der Waals surface area contributed by atoms with Gasteiger partial charge in [0.15, 0.2) is 23.1 Å². The molecule has 0 saturated heterocycles. The molecule has 1 aliphatic heterocycles. The summed E-state index contributed by atoms with van der Waals surface area (Å²) in [6.45, 7) is 0.336. The Balaban J connectivity index is 1.69. The molecule has 4 nitrogen and oxygen atoms in total. The smallest absolute Gasteiger partial charge is 0.250 e. The second-order valence-electron chi connectivity index (χ2n) is 5.70. The Labute approximate surface area is 141 Å². The first-order valence-corrected chi connectivity index (χ1v) is 7.64. The van der Waals surface area contributed by atoms with Crippen molar-refractivity contribution in [2.75, 3.05) is 6.79 Å². The molecule has 0 amide bonds. The van der Waals surface area contributed by atoms with Gasteiger partial charge in [-0.2, -0.15) is 0 Å². The Bertz CT molecular complexity index is 1010. The van der Waals surface area contributed by atoms with E-state index in [0.29, 0.717) is 17.1 Å². The molecule has 0 atom stereocenters. The lowest BCUT2D eigenvalue weighted by atomic mass is 10.1. The fourth-order valence-electron chi connectivity index (χ4n) is 2.74. The molecule has 6 heteroatoms. The van der Waals surface area contributed by atoms with Crippen LogP contribution in [-0.4, -0.2) is 11.4 Å². The average molecular weight is 341 g/mol. The molecule has 1 aromatic heterocycles. The zero-order valence-electron chi connectivity index (χ0n) is 13.0. The van der Waals surface area contributed by atoms with Crippen molar-refractivity contribution in [2.45, 2.75) is 6.54 Å². The molecule has 3 aromatic rings. The molecule has 0 fully saturated rings. The molecule has 126 valence electrons. The highest BCUT2D eigenvalue weighted by Gasteiger charge is 2.14. The van der Waals surface area contributed by atoms with Crippen LogP contribution in [-0.2, 0) is 6.54 Å². The zero-order chi connectivity index (χ0) is 17.4. The van der Waals surface area contributed by atoms with Gasteiger partial charge in [0, 0.05) is 12.3 Å². The molecule has 0 radical (unpaired) electrons. The van der Waals surface area contributed by atoms with E-state index < -0.39 is 11.6 Å². The largest absolute Gasteiger partial charge is 0.454 e. The summed E-state index contributed by atoms with van der Waals surface area (Å²) in [5, 5.41) is 0. The molecule has 0 spiro atoms. The second-order valence-corrected chi connectivity index (χ2v) is 5.70. The fourth-order valence-corrected chi connectivity index (χ4v) is 2.74. The third kappa shape index (κ3) is 2.98. The third-order valence-corrected chi connectivity index (χ3v) is 4.03. The van der Waals surface area contributed by atoms with Gasteiger partial charge in [-0.05, 0) is 47.0 Å². The van der Waals surface area contributed by atoms with E-state index in [9.17, 15) is 13.6 Å². The van der Waals surface area contributed by atoms with Crippen LogP contribution in [0, 0.1) is 11.6 Å². The quantitative estimate of drug-likeness (QED) is 0.731. The van der Waals surface area contributed by atoms with Crippen molar-refractivity contribution in [3.05, 3.63) is 82.3 Å². The Morgan fingerprint density at radius 2 is 1.68 bits per heavy atom. The van der Waals surface area contributed by atoms with Crippen LogP contribution >= 0.6 is 0 Å². The molecule has 25 heavy (non-hydrogen) atoms. The van der Waals surface area contributed by atoms with Gasteiger partial charge >= 0.3 is 0 Å². The minimum absolute atomic E-state index is 0.147. The van der Waals surface area contributed by atoms with Gasteiger partial charge in [-0.1, -0.05) is 12.1 Å². The lowest BCUT2D eigenvalue weighted by Crippen LogP contribution is -2.19. The van der Waals surface area contributed by atoms with Crippen LogP contribution in [0.25, 0.3) is 11.1 Å². The molecule has 1 aliphatic rings. The molecule has 4 rings (SSSR count). The van der Waals surface area contributed by atoms with E-state index in [0.717, 1.165) is 23.3 Å². The summed E-state index contributed by atoms with van der Waals surface area (Å²) in [6, 6.07) is 12.3. The van der Waals surface area contributed by atoms with E-state index in [1.54, 1.807) is 12.3 Å². The lowest BCUT2D eigenvalue weighted by Gasteiger charge is -2.09. The Hall–Kier alpha value is -3.15. The Morgan fingerprint density at radius 3 is 2.52 bits per heavy atom. The van der Waals surface area contributed by atoms with Gasteiger partial charge in [-0.25, -0.2) is 8.78 Å². The Morgan fingerprint density at radius 1 is 0.880 bits per heavy atom. The van der Waals surface area contributed by atoms with E-state index in [2.05, 4.69) is 0 Å². The molecule has 0 unspecified atom stereocenters. The highest BCUT2D eigenvalue weighted by atomic mass is 19.2. The highest BCUT2D eigenvalue weighted by Crippen LogP contribution is 2.35. The van der Waals surface area contributed by atoms with Crippen molar-refractivity contribution in [1.29, 1.82) is 0 Å². The van der Waals surface area contributed by atoms with E-state index >= 15 is 0 Å². The molecule has 0 bridgehead atoms. The van der Waals surface area contributed by atoms with Crippen LogP contribution in [0.15, 0.2) is 59.5 Å². The maximum Gasteiger partial charge on any atom is 0.250 e. The molecule has 0 saturated carbocycles. The standard InChI is InChI=1S/C19H13F2NO3/c20-15-4-1-12(7-16(15)21)9-22-10-14(3-6-19(22)23)13-2-5-17-18(8-13)25-11-24-17/h1-8,10H,9,11H2. The number of ether oxygens (including phenoxy) is 2. The van der Waals surface area contributed by atoms with Gasteiger partial charge in [-0.15, -0.1) is 0 Å². The first-order valence-electron chi connectivity index (χ1n) is 7.64. The second kappa shape index (κ2) is 6.05. The van der Waals surface area contributed by atoms with Gasteiger partial charge in [0.25, 0.3) is 5.56 Å². The van der Waals surface area contributed by atoms with Crippen LogP contribution in [0.5, 0.6) is 11.5 Å². The molecule has 0 N–H and O–H groups in total. The number of benzene rings is 2. The number of nitrogens with zero attached hydrogens (tertiary/aromatic N) is 1. The number of rotatable bonds is 3. The van der Waals surface area contributed by atoms with Crippen molar-refractivity contribution in [3.63, 3.8) is 0 Å². The van der Waals surface area contributed by atoms with Crippen molar-refractivity contribution in [1.82, 2.24) is 4.57 Å². The first kappa shape index (κ1) is 15.4. The summed E-state index contributed by atoms with van der Waals surface area (Å²) in [5.74, 6) is -0.516.